The van der Waals surface area contributed by atoms with Gasteiger partial charge in [-0.1, -0.05) is 0 Å². The standard InChI is InChI=1S/C19H23N7O/c1-13-5-6-17(23-22-13)25-7-4-8-26(10-9-25)19(27)15-11-14(2)21-18-16(15)12-20-24(18)3/h5-6,11-12H,4,7-10H2,1-3H3. The average Bonchev–Trinajstić information content (AvgIpc) is 2.88. The van der Waals surface area contributed by atoms with Crippen LogP contribution in [-0.2, 0) is 7.05 Å². The Morgan fingerprint density at radius 1 is 1.04 bits per heavy atom. The van der Waals surface area contributed by atoms with E-state index in [1.165, 1.54) is 0 Å². The third kappa shape index (κ3) is 3.34. The predicted molar refractivity (Wildman–Crippen MR) is 103 cm³/mol. The van der Waals surface area contributed by atoms with Gasteiger partial charge >= 0.3 is 0 Å². The molecule has 0 atom stereocenters. The van der Waals surface area contributed by atoms with Crippen molar-refractivity contribution >= 4 is 22.8 Å². The summed E-state index contributed by atoms with van der Waals surface area (Å²) in [4.78, 5) is 21.8. The maximum atomic E-state index is 13.2. The second-order valence-electron chi connectivity index (χ2n) is 6.98. The summed E-state index contributed by atoms with van der Waals surface area (Å²) >= 11 is 0. The molecule has 1 aliphatic rings. The molecule has 0 bridgehead atoms. The van der Waals surface area contributed by atoms with Crippen molar-refractivity contribution < 1.29 is 4.79 Å². The molecule has 0 unspecified atom stereocenters. The van der Waals surface area contributed by atoms with Gasteiger partial charge in [-0.15, -0.1) is 5.10 Å². The first kappa shape index (κ1) is 17.4. The highest BCUT2D eigenvalue weighted by Gasteiger charge is 2.24. The van der Waals surface area contributed by atoms with Crippen molar-refractivity contribution in [1.82, 2.24) is 29.9 Å². The van der Waals surface area contributed by atoms with E-state index in [0.717, 1.165) is 54.3 Å². The van der Waals surface area contributed by atoms with Crippen molar-refractivity contribution in [3.63, 3.8) is 0 Å². The molecule has 8 heteroatoms. The average molecular weight is 365 g/mol. The number of rotatable bonds is 2. The molecule has 4 heterocycles. The van der Waals surface area contributed by atoms with E-state index >= 15 is 0 Å². The van der Waals surface area contributed by atoms with Gasteiger partial charge in [-0.3, -0.25) is 9.48 Å². The fourth-order valence-electron chi connectivity index (χ4n) is 3.50. The largest absolute Gasteiger partial charge is 0.353 e. The minimum Gasteiger partial charge on any atom is -0.353 e. The molecular weight excluding hydrogens is 342 g/mol. The Morgan fingerprint density at radius 3 is 2.67 bits per heavy atom. The van der Waals surface area contributed by atoms with Crippen LogP contribution in [0.25, 0.3) is 11.0 Å². The molecule has 1 saturated heterocycles. The smallest absolute Gasteiger partial charge is 0.254 e. The second kappa shape index (κ2) is 6.94. The van der Waals surface area contributed by atoms with Gasteiger partial charge in [-0.05, 0) is 38.5 Å². The third-order valence-electron chi connectivity index (χ3n) is 4.95. The summed E-state index contributed by atoms with van der Waals surface area (Å²) < 4.78 is 1.71. The first-order valence-electron chi connectivity index (χ1n) is 9.17. The molecule has 8 nitrogen and oxygen atoms in total. The lowest BCUT2D eigenvalue weighted by atomic mass is 10.1. The first-order valence-corrected chi connectivity index (χ1v) is 9.17. The molecular formula is C19H23N7O. The number of hydrogen-bond acceptors (Lipinski definition) is 6. The van der Waals surface area contributed by atoms with E-state index in [-0.39, 0.29) is 5.91 Å². The van der Waals surface area contributed by atoms with Gasteiger partial charge < -0.3 is 9.80 Å². The Morgan fingerprint density at radius 2 is 1.89 bits per heavy atom. The fourth-order valence-corrected chi connectivity index (χ4v) is 3.50. The molecule has 1 amide bonds. The van der Waals surface area contributed by atoms with Gasteiger partial charge in [-0.2, -0.15) is 10.2 Å². The number of pyridine rings is 1. The summed E-state index contributed by atoms with van der Waals surface area (Å²) in [5.41, 5.74) is 3.14. The van der Waals surface area contributed by atoms with Crippen molar-refractivity contribution in [1.29, 1.82) is 0 Å². The molecule has 0 spiro atoms. The highest BCUT2D eigenvalue weighted by atomic mass is 16.2. The molecule has 0 aliphatic carbocycles. The number of aryl methyl sites for hydroxylation is 3. The van der Waals surface area contributed by atoms with Gasteiger partial charge in [0, 0.05) is 38.9 Å². The number of amides is 1. The zero-order valence-corrected chi connectivity index (χ0v) is 15.9. The summed E-state index contributed by atoms with van der Waals surface area (Å²) in [6.45, 7) is 6.80. The minimum atomic E-state index is 0.0374. The van der Waals surface area contributed by atoms with Gasteiger partial charge in [0.1, 0.15) is 0 Å². The van der Waals surface area contributed by atoms with Crippen molar-refractivity contribution in [3.05, 3.63) is 41.3 Å². The summed E-state index contributed by atoms with van der Waals surface area (Å²) in [6.07, 6.45) is 2.61. The first-order chi connectivity index (χ1) is 13.0. The van der Waals surface area contributed by atoms with E-state index in [2.05, 4.69) is 25.2 Å². The van der Waals surface area contributed by atoms with Crippen LogP contribution >= 0.6 is 0 Å². The number of anilines is 1. The van der Waals surface area contributed by atoms with Crippen LogP contribution in [0.2, 0.25) is 0 Å². The van der Waals surface area contributed by atoms with Crippen molar-refractivity contribution in [2.45, 2.75) is 20.3 Å². The minimum absolute atomic E-state index is 0.0374. The molecule has 1 fully saturated rings. The highest BCUT2D eigenvalue weighted by molar-refractivity contribution is 6.05. The molecule has 1 aliphatic heterocycles. The Kier molecular flexibility index (Phi) is 4.47. The SMILES string of the molecule is Cc1ccc(N2CCCN(C(=O)c3cc(C)nc4c3cnn4C)CC2)nn1. The highest BCUT2D eigenvalue weighted by Crippen LogP contribution is 2.21. The van der Waals surface area contributed by atoms with Crippen LogP contribution in [0.4, 0.5) is 5.82 Å². The molecule has 0 radical (unpaired) electrons. The molecule has 0 saturated carbocycles. The summed E-state index contributed by atoms with van der Waals surface area (Å²) in [6, 6.07) is 5.82. The van der Waals surface area contributed by atoms with Crippen molar-refractivity contribution in [3.8, 4) is 0 Å². The van der Waals surface area contributed by atoms with Gasteiger partial charge in [0.15, 0.2) is 11.5 Å². The number of carbonyl (C=O) groups excluding carboxylic acids is 1. The topological polar surface area (TPSA) is 80.0 Å². The zero-order chi connectivity index (χ0) is 19.0. The van der Waals surface area contributed by atoms with Crippen LogP contribution in [0.15, 0.2) is 24.4 Å². The number of carbonyl (C=O) groups is 1. The third-order valence-corrected chi connectivity index (χ3v) is 4.95. The Labute approximate surface area is 157 Å². The van der Waals surface area contributed by atoms with Crippen LogP contribution in [0.1, 0.15) is 28.2 Å². The van der Waals surface area contributed by atoms with E-state index in [0.29, 0.717) is 12.1 Å². The summed E-state index contributed by atoms with van der Waals surface area (Å²) in [7, 11) is 1.84. The van der Waals surface area contributed by atoms with Crippen molar-refractivity contribution in [2.75, 3.05) is 31.1 Å². The summed E-state index contributed by atoms with van der Waals surface area (Å²) in [5, 5.41) is 13.5. The Hall–Kier alpha value is -3.03. The van der Waals surface area contributed by atoms with Gasteiger partial charge in [0.2, 0.25) is 0 Å². The van der Waals surface area contributed by atoms with E-state index in [4.69, 9.17) is 0 Å². The number of nitrogens with zero attached hydrogens (tertiary/aromatic N) is 7. The molecule has 4 rings (SSSR count). The molecule has 3 aromatic rings. The van der Waals surface area contributed by atoms with Gasteiger partial charge in [-0.25, -0.2) is 4.98 Å². The van der Waals surface area contributed by atoms with Gasteiger partial charge in [0.05, 0.1) is 22.8 Å². The number of aromatic nitrogens is 5. The van der Waals surface area contributed by atoms with E-state index in [1.54, 1.807) is 10.9 Å². The molecule has 3 aromatic heterocycles. The Balaban J connectivity index is 1.56. The van der Waals surface area contributed by atoms with Crippen LogP contribution in [0.5, 0.6) is 0 Å². The lowest BCUT2D eigenvalue weighted by Crippen LogP contribution is -2.35. The van der Waals surface area contributed by atoms with Crippen molar-refractivity contribution in [2.24, 2.45) is 7.05 Å². The van der Waals surface area contributed by atoms with Crippen LogP contribution < -0.4 is 4.90 Å². The van der Waals surface area contributed by atoms with Crippen LogP contribution in [0.3, 0.4) is 0 Å². The summed E-state index contributed by atoms with van der Waals surface area (Å²) in [5.74, 6) is 0.902. The Bertz CT molecular complexity index is 980. The number of hydrogen-bond donors (Lipinski definition) is 0. The quantitative estimate of drug-likeness (QED) is 0.688. The fraction of sp³-hybridized carbons (Fsp3) is 0.421. The lowest BCUT2D eigenvalue weighted by molar-refractivity contribution is 0.0769. The molecule has 0 N–H and O–H groups in total. The zero-order valence-electron chi connectivity index (χ0n) is 15.9. The van der Waals surface area contributed by atoms with Crippen LogP contribution in [0, 0.1) is 13.8 Å². The predicted octanol–water partition coefficient (Wildman–Crippen LogP) is 1.73. The molecule has 0 aromatic carbocycles. The monoisotopic (exact) mass is 365 g/mol. The maximum absolute atomic E-state index is 13.2. The second-order valence-corrected chi connectivity index (χ2v) is 6.98. The van der Waals surface area contributed by atoms with E-state index < -0.39 is 0 Å². The van der Waals surface area contributed by atoms with E-state index in [1.807, 2.05) is 44.0 Å². The number of fused-ring (bicyclic) bond motifs is 1. The molecule has 27 heavy (non-hydrogen) atoms. The lowest BCUT2D eigenvalue weighted by Gasteiger charge is -2.23. The normalized spacial score (nSPS) is 15.2. The van der Waals surface area contributed by atoms with Gasteiger partial charge in [0.25, 0.3) is 5.91 Å². The van der Waals surface area contributed by atoms with E-state index in [9.17, 15) is 4.79 Å². The molecule has 140 valence electrons. The maximum Gasteiger partial charge on any atom is 0.254 e. The van der Waals surface area contributed by atoms with Crippen LogP contribution in [-0.4, -0.2) is 61.9 Å².